The lowest BCUT2D eigenvalue weighted by molar-refractivity contribution is 0.631. The molecule has 1 aromatic heterocycles. The van der Waals surface area contributed by atoms with Crippen LogP contribution in [0.25, 0.3) is 0 Å². The average Bonchev–Trinajstić information content (AvgIpc) is 2.43. The molecule has 0 fully saturated rings. The molecule has 0 bridgehead atoms. The summed E-state index contributed by atoms with van der Waals surface area (Å²) in [6, 6.07) is 4.79. The molecule has 106 valence electrons. The van der Waals surface area contributed by atoms with Crippen molar-refractivity contribution in [2.24, 2.45) is 5.84 Å². The number of aromatic nitrogens is 2. The van der Waals surface area contributed by atoms with Crippen molar-refractivity contribution in [2.45, 2.75) is 20.3 Å². The SMILES string of the molecule is CCc1nc(NN)c(C)c(Nc2ccc(Br)cc2F)n1. The number of hydrogen-bond donors (Lipinski definition) is 3. The van der Waals surface area contributed by atoms with E-state index in [1.54, 1.807) is 12.1 Å². The van der Waals surface area contributed by atoms with Crippen molar-refractivity contribution in [1.82, 2.24) is 9.97 Å². The zero-order valence-electron chi connectivity index (χ0n) is 11.2. The Morgan fingerprint density at radius 3 is 2.60 bits per heavy atom. The van der Waals surface area contributed by atoms with E-state index in [2.05, 4.69) is 36.6 Å². The number of anilines is 3. The van der Waals surface area contributed by atoms with Crippen molar-refractivity contribution in [3.8, 4) is 0 Å². The fourth-order valence-corrected chi connectivity index (χ4v) is 2.03. The molecule has 2 aromatic rings. The lowest BCUT2D eigenvalue weighted by atomic mass is 10.2. The molecule has 0 saturated heterocycles. The Kier molecular flexibility index (Phi) is 4.51. The average molecular weight is 340 g/mol. The van der Waals surface area contributed by atoms with Gasteiger partial charge in [-0.15, -0.1) is 0 Å². The molecule has 5 nitrogen and oxygen atoms in total. The van der Waals surface area contributed by atoms with Gasteiger partial charge in [-0.05, 0) is 25.1 Å². The highest BCUT2D eigenvalue weighted by Crippen LogP contribution is 2.26. The first-order valence-electron chi connectivity index (χ1n) is 6.11. The topological polar surface area (TPSA) is 75.9 Å². The second-order valence-corrected chi connectivity index (χ2v) is 5.12. The Hall–Kier alpha value is -1.73. The number of nitrogen functional groups attached to an aromatic ring is 1. The van der Waals surface area contributed by atoms with Crippen LogP contribution < -0.4 is 16.6 Å². The number of benzene rings is 1. The van der Waals surface area contributed by atoms with Gasteiger partial charge in [0, 0.05) is 16.5 Å². The van der Waals surface area contributed by atoms with Gasteiger partial charge in [-0.25, -0.2) is 20.2 Å². The van der Waals surface area contributed by atoms with E-state index in [9.17, 15) is 4.39 Å². The van der Waals surface area contributed by atoms with Crippen LogP contribution in [0.15, 0.2) is 22.7 Å². The normalized spacial score (nSPS) is 10.4. The third kappa shape index (κ3) is 3.05. The first-order valence-corrected chi connectivity index (χ1v) is 6.90. The second kappa shape index (κ2) is 6.15. The highest BCUT2D eigenvalue weighted by Gasteiger charge is 2.11. The van der Waals surface area contributed by atoms with E-state index in [1.165, 1.54) is 6.07 Å². The number of nitrogens with two attached hydrogens (primary N) is 1. The molecule has 1 heterocycles. The fraction of sp³-hybridized carbons (Fsp3) is 0.231. The van der Waals surface area contributed by atoms with Gasteiger partial charge < -0.3 is 10.7 Å². The number of hydrogen-bond acceptors (Lipinski definition) is 5. The van der Waals surface area contributed by atoms with E-state index in [-0.39, 0.29) is 5.82 Å². The molecule has 20 heavy (non-hydrogen) atoms. The molecule has 0 aliphatic heterocycles. The van der Waals surface area contributed by atoms with Gasteiger partial charge in [0.2, 0.25) is 0 Å². The molecule has 0 saturated carbocycles. The number of rotatable bonds is 4. The molecule has 4 N–H and O–H groups in total. The molecule has 0 radical (unpaired) electrons. The predicted molar refractivity (Wildman–Crippen MR) is 81.3 cm³/mol. The van der Waals surface area contributed by atoms with Gasteiger partial charge in [0.15, 0.2) is 0 Å². The standard InChI is InChI=1S/C13H15BrFN5/c1-3-11-18-12(7(2)13(19-11)20-16)17-10-5-4-8(14)6-9(10)15/h4-6H,3,16H2,1-2H3,(H2,17,18,19,20). The van der Waals surface area contributed by atoms with Crippen LogP contribution in [0.3, 0.4) is 0 Å². The molecule has 0 aliphatic rings. The summed E-state index contributed by atoms with van der Waals surface area (Å²) in [4.78, 5) is 8.62. The molecule has 1 aromatic carbocycles. The number of nitrogens with one attached hydrogen (secondary N) is 2. The summed E-state index contributed by atoms with van der Waals surface area (Å²) in [6.07, 6.45) is 0.659. The third-order valence-corrected chi connectivity index (χ3v) is 3.32. The van der Waals surface area contributed by atoms with Gasteiger partial charge in [0.05, 0.1) is 5.69 Å². The van der Waals surface area contributed by atoms with E-state index in [4.69, 9.17) is 5.84 Å². The number of hydrazine groups is 1. The number of halogens is 2. The quantitative estimate of drug-likeness (QED) is 0.588. The van der Waals surface area contributed by atoms with Crippen LogP contribution in [-0.2, 0) is 6.42 Å². The van der Waals surface area contributed by atoms with E-state index in [0.717, 1.165) is 5.56 Å². The molecule has 0 spiro atoms. The fourth-order valence-electron chi connectivity index (χ4n) is 1.70. The van der Waals surface area contributed by atoms with E-state index >= 15 is 0 Å². The number of nitrogens with zero attached hydrogens (tertiary/aromatic N) is 2. The van der Waals surface area contributed by atoms with Crippen LogP contribution in [-0.4, -0.2) is 9.97 Å². The highest BCUT2D eigenvalue weighted by atomic mass is 79.9. The summed E-state index contributed by atoms with van der Waals surface area (Å²) in [7, 11) is 0. The lowest BCUT2D eigenvalue weighted by Gasteiger charge is -2.13. The Morgan fingerprint density at radius 2 is 2.00 bits per heavy atom. The minimum Gasteiger partial charge on any atom is -0.337 e. The van der Waals surface area contributed by atoms with Gasteiger partial charge in [-0.2, -0.15) is 0 Å². The van der Waals surface area contributed by atoms with Crippen LogP contribution in [0.4, 0.5) is 21.7 Å². The molecule has 2 rings (SSSR count). The maximum absolute atomic E-state index is 13.9. The smallest absolute Gasteiger partial charge is 0.148 e. The largest absolute Gasteiger partial charge is 0.337 e. The summed E-state index contributed by atoms with van der Waals surface area (Å²) in [5, 5.41) is 2.97. The zero-order valence-corrected chi connectivity index (χ0v) is 12.8. The van der Waals surface area contributed by atoms with Crippen molar-refractivity contribution in [3.63, 3.8) is 0 Å². The van der Waals surface area contributed by atoms with Crippen LogP contribution in [0.1, 0.15) is 18.3 Å². The zero-order chi connectivity index (χ0) is 14.7. The highest BCUT2D eigenvalue weighted by molar-refractivity contribution is 9.10. The van der Waals surface area contributed by atoms with Crippen molar-refractivity contribution >= 4 is 33.3 Å². The summed E-state index contributed by atoms with van der Waals surface area (Å²) in [6.45, 7) is 3.75. The monoisotopic (exact) mass is 339 g/mol. The minimum absolute atomic E-state index is 0.347. The summed E-state index contributed by atoms with van der Waals surface area (Å²) in [5.41, 5.74) is 3.60. The van der Waals surface area contributed by atoms with E-state index in [1.807, 2.05) is 13.8 Å². The Labute approximate surface area is 124 Å². The van der Waals surface area contributed by atoms with Crippen molar-refractivity contribution in [2.75, 3.05) is 10.7 Å². The molecule has 7 heteroatoms. The summed E-state index contributed by atoms with van der Waals surface area (Å²) < 4.78 is 14.5. The Bertz CT molecular complexity index is 632. The minimum atomic E-state index is -0.363. The van der Waals surface area contributed by atoms with Gasteiger partial charge in [-0.3, -0.25) is 0 Å². The lowest BCUT2D eigenvalue weighted by Crippen LogP contribution is -2.14. The first kappa shape index (κ1) is 14.7. The maximum atomic E-state index is 13.9. The molecule has 0 atom stereocenters. The van der Waals surface area contributed by atoms with E-state index in [0.29, 0.717) is 34.0 Å². The third-order valence-electron chi connectivity index (χ3n) is 2.83. The molecular formula is C13H15BrFN5. The Balaban J connectivity index is 2.42. The van der Waals surface area contributed by atoms with Crippen LogP contribution >= 0.6 is 15.9 Å². The summed E-state index contributed by atoms with van der Waals surface area (Å²) in [5.74, 6) is 6.76. The van der Waals surface area contributed by atoms with Crippen LogP contribution in [0, 0.1) is 12.7 Å². The molecule has 0 amide bonds. The predicted octanol–water partition coefficient (Wildman–Crippen LogP) is 3.28. The van der Waals surface area contributed by atoms with Gasteiger partial charge in [0.1, 0.15) is 23.3 Å². The van der Waals surface area contributed by atoms with E-state index < -0.39 is 0 Å². The molecule has 0 unspecified atom stereocenters. The Morgan fingerprint density at radius 1 is 1.30 bits per heavy atom. The molecular weight excluding hydrogens is 325 g/mol. The van der Waals surface area contributed by atoms with Crippen molar-refractivity contribution < 1.29 is 4.39 Å². The van der Waals surface area contributed by atoms with Crippen LogP contribution in [0.5, 0.6) is 0 Å². The van der Waals surface area contributed by atoms with Crippen molar-refractivity contribution in [3.05, 3.63) is 39.9 Å². The summed E-state index contributed by atoms with van der Waals surface area (Å²) >= 11 is 3.22. The van der Waals surface area contributed by atoms with Gasteiger partial charge in [-0.1, -0.05) is 22.9 Å². The van der Waals surface area contributed by atoms with Crippen LogP contribution in [0.2, 0.25) is 0 Å². The maximum Gasteiger partial charge on any atom is 0.148 e. The van der Waals surface area contributed by atoms with Gasteiger partial charge in [0.25, 0.3) is 0 Å². The molecule has 0 aliphatic carbocycles. The second-order valence-electron chi connectivity index (χ2n) is 4.21. The first-order chi connectivity index (χ1) is 9.55. The van der Waals surface area contributed by atoms with Crippen molar-refractivity contribution in [1.29, 1.82) is 0 Å². The number of aryl methyl sites for hydroxylation is 1. The van der Waals surface area contributed by atoms with Gasteiger partial charge >= 0.3 is 0 Å².